The predicted molar refractivity (Wildman–Crippen MR) is 114 cm³/mol. The summed E-state index contributed by atoms with van der Waals surface area (Å²) in [6.45, 7) is 1.36. The van der Waals surface area contributed by atoms with Crippen molar-refractivity contribution in [1.82, 2.24) is 14.2 Å². The first-order chi connectivity index (χ1) is 13.7. The number of likely N-dealkylation sites (tertiary alicyclic amines) is 1. The normalized spacial score (nSPS) is 26.4. The van der Waals surface area contributed by atoms with Crippen molar-refractivity contribution in [2.75, 3.05) is 37.8 Å². The SMILES string of the molecule is CS(=O)(=O)N1CCC[C@@]12CCN(CC(=O)Nc1nc3ccc(Cl)cc3s1)C[C@@H]2O. The Morgan fingerprint density at radius 1 is 1.41 bits per heavy atom. The van der Waals surface area contributed by atoms with Gasteiger partial charge in [-0.15, -0.1) is 0 Å². The number of nitrogens with one attached hydrogen (secondary N) is 1. The molecule has 1 aromatic carbocycles. The van der Waals surface area contributed by atoms with Gasteiger partial charge in [0, 0.05) is 24.7 Å². The number of hydrogen-bond donors (Lipinski definition) is 2. The Balaban J connectivity index is 1.39. The second-order valence-electron chi connectivity index (χ2n) is 7.72. The van der Waals surface area contributed by atoms with Crippen molar-refractivity contribution in [3.63, 3.8) is 0 Å². The first kappa shape index (κ1) is 21.0. The summed E-state index contributed by atoms with van der Waals surface area (Å²) in [5, 5.41) is 14.7. The van der Waals surface area contributed by atoms with Crippen LogP contribution in [0.15, 0.2) is 18.2 Å². The number of nitrogens with zero attached hydrogens (tertiary/aromatic N) is 3. The number of sulfonamides is 1. The average molecular weight is 459 g/mol. The number of halogens is 1. The number of aliphatic hydroxyl groups excluding tert-OH is 1. The molecule has 0 saturated carbocycles. The van der Waals surface area contributed by atoms with E-state index in [0.29, 0.717) is 36.1 Å². The van der Waals surface area contributed by atoms with Crippen molar-refractivity contribution in [1.29, 1.82) is 0 Å². The fourth-order valence-corrected chi connectivity index (χ4v) is 7.02. The van der Waals surface area contributed by atoms with Gasteiger partial charge >= 0.3 is 0 Å². The monoisotopic (exact) mass is 458 g/mol. The number of aromatic nitrogens is 1. The number of piperidine rings is 1. The first-order valence-electron chi connectivity index (χ1n) is 9.42. The number of β-amino-alcohol motifs (C(OH)–C–C–N with tert-alkyl or cyclic N) is 1. The van der Waals surface area contributed by atoms with Gasteiger partial charge in [-0.2, -0.15) is 4.31 Å². The topological polar surface area (TPSA) is 103 Å². The molecule has 3 heterocycles. The van der Waals surface area contributed by atoms with Gasteiger partial charge in [0.15, 0.2) is 5.13 Å². The maximum Gasteiger partial charge on any atom is 0.240 e. The smallest absolute Gasteiger partial charge is 0.240 e. The van der Waals surface area contributed by atoms with Crippen molar-refractivity contribution in [3.8, 4) is 0 Å². The van der Waals surface area contributed by atoms with E-state index in [2.05, 4.69) is 10.3 Å². The number of carbonyl (C=O) groups excluding carboxylic acids is 1. The van der Waals surface area contributed by atoms with E-state index < -0.39 is 21.7 Å². The van der Waals surface area contributed by atoms with Crippen LogP contribution in [0.1, 0.15) is 19.3 Å². The number of carbonyl (C=O) groups is 1. The zero-order chi connectivity index (χ0) is 20.8. The lowest BCUT2D eigenvalue weighted by atomic mass is 9.83. The molecule has 0 bridgehead atoms. The number of fused-ring (bicyclic) bond motifs is 1. The summed E-state index contributed by atoms with van der Waals surface area (Å²) in [5.41, 5.74) is 0.0273. The minimum atomic E-state index is -3.38. The van der Waals surface area contributed by atoms with E-state index in [1.54, 1.807) is 18.2 Å². The molecule has 8 nitrogen and oxygen atoms in total. The molecular weight excluding hydrogens is 436 g/mol. The number of benzene rings is 1. The van der Waals surface area contributed by atoms with Crippen LogP contribution in [0.4, 0.5) is 5.13 Å². The predicted octanol–water partition coefficient (Wildman–Crippen LogP) is 1.75. The molecule has 2 N–H and O–H groups in total. The summed E-state index contributed by atoms with van der Waals surface area (Å²) in [5.74, 6) is -0.218. The van der Waals surface area contributed by atoms with Crippen LogP contribution < -0.4 is 5.32 Å². The van der Waals surface area contributed by atoms with Gasteiger partial charge in [0.25, 0.3) is 0 Å². The summed E-state index contributed by atoms with van der Waals surface area (Å²) in [7, 11) is -3.38. The van der Waals surface area contributed by atoms with Crippen molar-refractivity contribution < 1.29 is 18.3 Å². The second-order valence-corrected chi connectivity index (χ2v) is 11.1. The van der Waals surface area contributed by atoms with E-state index in [4.69, 9.17) is 11.6 Å². The van der Waals surface area contributed by atoms with Gasteiger partial charge in [-0.1, -0.05) is 22.9 Å². The number of rotatable bonds is 4. The third-order valence-electron chi connectivity index (χ3n) is 5.74. The molecule has 158 valence electrons. The lowest BCUT2D eigenvalue weighted by Crippen LogP contribution is -2.63. The minimum Gasteiger partial charge on any atom is -0.390 e. The Labute approximate surface area is 178 Å². The van der Waals surface area contributed by atoms with E-state index >= 15 is 0 Å². The standard InChI is InChI=1S/C18H23ClN4O4S2/c1-29(26,27)23-7-2-5-18(23)6-8-22(10-15(18)24)11-16(25)21-17-20-13-4-3-12(19)9-14(13)28-17/h3-4,9,15,24H,2,5-8,10-11H2,1H3,(H,20,21,25)/t15-,18-/m0/s1. The second kappa shape index (κ2) is 7.75. The van der Waals surface area contributed by atoms with E-state index in [9.17, 15) is 18.3 Å². The quantitative estimate of drug-likeness (QED) is 0.723. The van der Waals surface area contributed by atoms with E-state index in [-0.39, 0.29) is 19.0 Å². The fourth-order valence-electron chi connectivity index (χ4n) is 4.44. The van der Waals surface area contributed by atoms with Crippen LogP contribution >= 0.6 is 22.9 Å². The molecule has 29 heavy (non-hydrogen) atoms. The number of aliphatic hydroxyl groups is 1. The van der Waals surface area contributed by atoms with Crippen LogP contribution in [0.25, 0.3) is 10.2 Å². The van der Waals surface area contributed by atoms with Crippen molar-refractivity contribution in [2.24, 2.45) is 0 Å². The largest absolute Gasteiger partial charge is 0.390 e. The van der Waals surface area contributed by atoms with Gasteiger partial charge in [-0.3, -0.25) is 9.69 Å². The molecule has 2 fully saturated rings. The molecule has 0 unspecified atom stereocenters. The summed E-state index contributed by atoms with van der Waals surface area (Å²) in [6.07, 6.45) is 2.26. The number of thiazole rings is 1. The molecule has 1 spiro atoms. The maximum absolute atomic E-state index is 12.5. The van der Waals surface area contributed by atoms with E-state index in [0.717, 1.165) is 16.6 Å². The lowest BCUT2D eigenvalue weighted by Gasteiger charge is -2.47. The molecule has 2 aliphatic rings. The molecule has 4 rings (SSSR count). The molecule has 2 saturated heterocycles. The molecule has 2 atom stereocenters. The third kappa shape index (κ3) is 4.14. The Hall–Kier alpha value is -1.30. The summed E-state index contributed by atoms with van der Waals surface area (Å²) >= 11 is 7.34. The van der Waals surface area contributed by atoms with E-state index in [1.807, 2.05) is 4.90 Å². The molecule has 2 aliphatic heterocycles. The average Bonchev–Trinajstić information content (AvgIpc) is 3.22. The van der Waals surface area contributed by atoms with Crippen LogP contribution in [-0.4, -0.2) is 77.7 Å². The number of amides is 1. The van der Waals surface area contributed by atoms with Gasteiger partial charge < -0.3 is 10.4 Å². The highest BCUT2D eigenvalue weighted by Gasteiger charge is 2.52. The summed E-state index contributed by atoms with van der Waals surface area (Å²) < 4.78 is 26.6. The Bertz CT molecular complexity index is 1040. The number of hydrogen-bond acceptors (Lipinski definition) is 7. The number of anilines is 1. The van der Waals surface area contributed by atoms with Gasteiger partial charge in [0.1, 0.15) is 0 Å². The van der Waals surface area contributed by atoms with E-state index in [1.165, 1.54) is 21.9 Å². The Morgan fingerprint density at radius 3 is 2.93 bits per heavy atom. The fraction of sp³-hybridized carbons (Fsp3) is 0.556. The molecule has 2 aromatic rings. The highest BCUT2D eigenvalue weighted by atomic mass is 35.5. The highest BCUT2D eigenvalue weighted by Crippen LogP contribution is 2.40. The van der Waals surface area contributed by atoms with Gasteiger partial charge in [-0.05, 0) is 37.5 Å². The third-order valence-corrected chi connectivity index (χ3v) is 8.26. The molecule has 0 radical (unpaired) electrons. The van der Waals surface area contributed by atoms with Gasteiger partial charge in [0.2, 0.25) is 15.9 Å². The molecule has 1 aromatic heterocycles. The van der Waals surface area contributed by atoms with Crippen molar-refractivity contribution >= 4 is 54.2 Å². The van der Waals surface area contributed by atoms with Gasteiger partial charge in [-0.25, -0.2) is 13.4 Å². The maximum atomic E-state index is 12.5. The molecule has 11 heteroatoms. The Morgan fingerprint density at radius 2 is 2.21 bits per heavy atom. The van der Waals surface area contributed by atoms with Crippen LogP contribution in [0.5, 0.6) is 0 Å². The zero-order valence-corrected chi connectivity index (χ0v) is 18.4. The highest BCUT2D eigenvalue weighted by molar-refractivity contribution is 7.88. The van der Waals surface area contributed by atoms with Crippen LogP contribution in [0, 0.1) is 0 Å². The molecule has 1 amide bonds. The van der Waals surface area contributed by atoms with Crippen molar-refractivity contribution in [2.45, 2.75) is 30.9 Å². The summed E-state index contributed by atoms with van der Waals surface area (Å²) in [4.78, 5) is 18.7. The molecule has 0 aliphatic carbocycles. The van der Waals surface area contributed by atoms with Crippen LogP contribution in [0.3, 0.4) is 0 Å². The summed E-state index contributed by atoms with van der Waals surface area (Å²) in [6, 6.07) is 5.36. The lowest BCUT2D eigenvalue weighted by molar-refractivity contribution is -0.119. The first-order valence-corrected chi connectivity index (χ1v) is 12.5. The van der Waals surface area contributed by atoms with Crippen LogP contribution in [-0.2, 0) is 14.8 Å². The minimum absolute atomic E-state index is 0.114. The van der Waals surface area contributed by atoms with Crippen LogP contribution in [0.2, 0.25) is 5.02 Å². The van der Waals surface area contributed by atoms with Crippen molar-refractivity contribution in [3.05, 3.63) is 23.2 Å². The Kier molecular flexibility index (Phi) is 5.60. The molecular formula is C18H23ClN4O4S2. The zero-order valence-electron chi connectivity index (χ0n) is 16.0. The van der Waals surface area contributed by atoms with Gasteiger partial charge in [0.05, 0.1) is 34.7 Å².